The fraction of sp³-hybridized carbons (Fsp3) is 0.100. The van der Waals surface area contributed by atoms with Crippen molar-refractivity contribution in [2.24, 2.45) is 0 Å². The summed E-state index contributed by atoms with van der Waals surface area (Å²) in [6.45, 7) is -0.625. The van der Waals surface area contributed by atoms with E-state index in [1.54, 1.807) is 12.1 Å². The summed E-state index contributed by atoms with van der Waals surface area (Å²) in [4.78, 5) is 34.4. The molecule has 1 aliphatic rings. The van der Waals surface area contributed by atoms with Crippen molar-refractivity contribution in [3.05, 3.63) is 29.1 Å². The summed E-state index contributed by atoms with van der Waals surface area (Å²) >= 11 is 0.697. The van der Waals surface area contributed by atoms with Crippen molar-refractivity contribution in [3.63, 3.8) is 0 Å². The highest BCUT2D eigenvalue weighted by molar-refractivity contribution is 8.18. The van der Waals surface area contributed by atoms with Gasteiger partial charge in [-0.1, -0.05) is 0 Å². The highest BCUT2D eigenvalue weighted by atomic mass is 32.2. The van der Waals surface area contributed by atoms with Crippen LogP contribution in [-0.4, -0.2) is 33.7 Å². The normalized spacial score (nSPS) is 18.1. The molecule has 17 heavy (non-hydrogen) atoms. The molecule has 0 aromatic carbocycles. The number of hydrogen-bond acceptors (Lipinski definition) is 5. The van der Waals surface area contributed by atoms with Crippen molar-refractivity contribution in [1.82, 2.24) is 4.90 Å². The van der Waals surface area contributed by atoms with Crippen LogP contribution in [0.2, 0.25) is 0 Å². The molecule has 1 N–H and O–H groups in total. The van der Waals surface area contributed by atoms with Crippen molar-refractivity contribution in [1.29, 1.82) is 0 Å². The fourth-order valence-corrected chi connectivity index (χ4v) is 2.09. The predicted molar refractivity (Wildman–Crippen MR) is 59.0 cm³/mol. The molecular weight excluding hydrogens is 246 g/mol. The molecule has 0 atom stereocenters. The number of hydrogen-bond donors (Lipinski definition) is 1. The van der Waals surface area contributed by atoms with Gasteiger partial charge in [-0.15, -0.1) is 0 Å². The van der Waals surface area contributed by atoms with Crippen LogP contribution in [0.4, 0.5) is 4.79 Å². The summed E-state index contributed by atoms with van der Waals surface area (Å²) in [5, 5.41) is 7.97. The number of carbonyl (C=O) groups excluding carboxylic acids is 2. The number of carbonyl (C=O) groups is 3. The third-order valence-corrected chi connectivity index (χ3v) is 2.89. The van der Waals surface area contributed by atoms with Crippen molar-refractivity contribution in [3.8, 4) is 0 Å². The number of furan rings is 1. The Morgan fingerprint density at radius 1 is 1.53 bits per heavy atom. The monoisotopic (exact) mass is 253 g/mol. The second-order valence-electron chi connectivity index (χ2n) is 3.18. The lowest BCUT2D eigenvalue weighted by molar-refractivity contribution is -0.140. The number of nitrogens with zero attached hydrogens (tertiary/aromatic N) is 1. The summed E-state index contributed by atoms with van der Waals surface area (Å²) in [6.07, 6.45) is 2.85. The molecule has 1 aromatic rings. The van der Waals surface area contributed by atoms with E-state index in [0.717, 1.165) is 0 Å². The van der Waals surface area contributed by atoms with Gasteiger partial charge in [-0.2, -0.15) is 0 Å². The minimum Gasteiger partial charge on any atom is -0.480 e. The van der Waals surface area contributed by atoms with Crippen LogP contribution in [0.3, 0.4) is 0 Å². The fourth-order valence-electron chi connectivity index (χ4n) is 1.27. The van der Waals surface area contributed by atoms with Crippen molar-refractivity contribution in [2.45, 2.75) is 0 Å². The molecule has 0 unspecified atom stereocenters. The molecule has 1 saturated heterocycles. The smallest absolute Gasteiger partial charge is 0.323 e. The molecule has 2 amide bonds. The first-order chi connectivity index (χ1) is 8.08. The van der Waals surface area contributed by atoms with Gasteiger partial charge < -0.3 is 9.52 Å². The van der Waals surface area contributed by atoms with E-state index in [4.69, 9.17) is 9.52 Å². The number of thioether (sulfide) groups is 1. The minimum atomic E-state index is -1.23. The molecule has 0 spiro atoms. The van der Waals surface area contributed by atoms with E-state index in [2.05, 4.69) is 0 Å². The molecule has 0 saturated carbocycles. The van der Waals surface area contributed by atoms with Crippen LogP contribution in [0.15, 0.2) is 27.7 Å². The van der Waals surface area contributed by atoms with E-state index >= 15 is 0 Å². The van der Waals surface area contributed by atoms with E-state index in [1.165, 1.54) is 12.3 Å². The van der Waals surface area contributed by atoms with Crippen LogP contribution in [0, 0.1) is 0 Å². The van der Waals surface area contributed by atoms with Crippen molar-refractivity contribution in [2.75, 3.05) is 6.54 Å². The van der Waals surface area contributed by atoms with E-state index in [9.17, 15) is 14.4 Å². The lowest BCUT2D eigenvalue weighted by Gasteiger charge is -2.07. The Morgan fingerprint density at radius 3 is 2.88 bits per heavy atom. The van der Waals surface area contributed by atoms with Crippen molar-refractivity contribution < 1.29 is 23.9 Å². The average Bonchev–Trinajstić information content (AvgIpc) is 2.83. The maximum absolute atomic E-state index is 11.7. The molecule has 1 aliphatic heterocycles. The van der Waals surface area contributed by atoms with Gasteiger partial charge in [0, 0.05) is 6.08 Å². The van der Waals surface area contributed by atoms with Gasteiger partial charge in [-0.25, -0.2) is 0 Å². The SMILES string of the molecule is O=C(O)CN1C(=O)SC(=Cc2ccco2)C1=O. The van der Waals surface area contributed by atoms with Gasteiger partial charge in [0.05, 0.1) is 11.2 Å². The van der Waals surface area contributed by atoms with Crippen LogP contribution < -0.4 is 0 Å². The number of carboxylic acids is 1. The average molecular weight is 253 g/mol. The summed E-state index contributed by atoms with van der Waals surface area (Å²) < 4.78 is 5.01. The first-order valence-corrected chi connectivity index (χ1v) is 5.40. The Balaban J connectivity index is 2.21. The van der Waals surface area contributed by atoms with Crippen LogP contribution in [-0.2, 0) is 9.59 Å². The van der Waals surface area contributed by atoms with Gasteiger partial charge in [0.25, 0.3) is 11.1 Å². The molecule has 7 heteroatoms. The molecule has 1 fully saturated rings. The topological polar surface area (TPSA) is 87.8 Å². The molecule has 2 rings (SSSR count). The zero-order chi connectivity index (χ0) is 12.4. The van der Waals surface area contributed by atoms with Crippen LogP contribution in [0.25, 0.3) is 6.08 Å². The Labute approximate surface area is 99.9 Å². The van der Waals surface area contributed by atoms with E-state index in [1.807, 2.05) is 0 Å². The first kappa shape index (κ1) is 11.5. The second-order valence-corrected chi connectivity index (χ2v) is 4.17. The van der Waals surface area contributed by atoms with E-state index in [-0.39, 0.29) is 4.91 Å². The highest BCUT2D eigenvalue weighted by Gasteiger charge is 2.36. The van der Waals surface area contributed by atoms with Gasteiger partial charge in [0.15, 0.2) is 0 Å². The maximum atomic E-state index is 11.7. The van der Waals surface area contributed by atoms with E-state index in [0.29, 0.717) is 22.4 Å². The highest BCUT2D eigenvalue weighted by Crippen LogP contribution is 2.31. The molecule has 0 bridgehead atoms. The maximum Gasteiger partial charge on any atom is 0.323 e. The molecule has 6 nitrogen and oxygen atoms in total. The predicted octanol–water partition coefficient (Wildman–Crippen LogP) is 1.40. The zero-order valence-corrected chi connectivity index (χ0v) is 9.27. The summed E-state index contributed by atoms with van der Waals surface area (Å²) in [5.74, 6) is -1.41. The standard InChI is InChI=1S/C10H7NO5S/c12-8(13)5-11-9(14)7(17-10(11)15)4-6-2-1-3-16-6/h1-4H,5H2,(H,12,13). The van der Waals surface area contributed by atoms with Crippen molar-refractivity contribution >= 4 is 35.0 Å². The Kier molecular flexibility index (Phi) is 3.01. The lowest BCUT2D eigenvalue weighted by Crippen LogP contribution is -2.33. The molecule has 0 aliphatic carbocycles. The largest absolute Gasteiger partial charge is 0.480 e. The first-order valence-electron chi connectivity index (χ1n) is 4.58. The van der Waals surface area contributed by atoms with Gasteiger partial charge >= 0.3 is 5.97 Å². The van der Waals surface area contributed by atoms with Crippen LogP contribution in [0.1, 0.15) is 5.76 Å². The third-order valence-electron chi connectivity index (χ3n) is 1.98. The second kappa shape index (κ2) is 4.46. The molecular formula is C10H7NO5S. The van der Waals surface area contributed by atoms with Gasteiger partial charge in [-0.3, -0.25) is 19.3 Å². The lowest BCUT2D eigenvalue weighted by atomic mass is 10.3. The zero-order valence-electron chi connectivity index (χ0n) is 8.45. The summed E-state index contributed by atoms with van der Waals surface area (Å²) in [6, 6.07) is 3.28. The molecule has 2 heterocycles. The Bertz CT molecular complexity index is 505. The van der Waals surface area contributed by atoms with Crippen LogP contribution in [0.5, 0.6) is 0 Å². The number of imide groups is 1. The third kappa shape index (κ3) is 2.39. The number of carboxylic acid groups (broad SMARTS) is 1. The minimum absolute atomic E-state index is 0.159. The molecule has 0 radical (unpaired) electrons. The summed E-state index contributed by atoms with van der Waals surface area (Å²) in [7, 11) is 0. The quantitative estimate of drug-likeness (QED) is 0.819. The molecule has 1 aromatic heterocycles. The van der Waals surface area contributed by atoms with E-state index < -0.39 is 23.7 Å². The number of rotatable bonds is 3. The van der Waals surface area contributed by atoms with Gasteiger partial charge in [-0.05, 0) is 23.9 Å². The number of aliphatic carboxylic acids is 1. The number of amides is 2. The van der Waals surface area contributed by atoms with Gasteiger partial charge in [0.1, 0.15) is 12.3 Å². The Hall–Kier alpha value is -2.02. The van der Waals surface area contributed by atoms with Crippen LogP contribution >= 0.6 is 11.8 Å². The Morgan fingerprint density at radius 2 is 2.29 bits per heavy atom. The summed E-state index contributed by atoms with van der Waals surface area (Å²) in [5.41, 5.74) is 0. The molecule has 88 valence electrons. The van der Waals surface area contributed by atoms with Gasteiger partial charge in [0.2, 0.25) is 0 Å².